The van der Waals surface area contributed by atoms with Gasteiger partial charge in [0.1, 0.15) is 17.3 Å². The zero-order valence-corrected chi connectivity index (χ0v) is 18.5. The molecule has 2 aliphatic rings. The lowest BCUT2D eigenvalue weighted by atomic mass is 9.86. The molecule has 6 heteroatoms. The fourth-order valence-corrected chi connectivity index (χ4v) is 4.32. The van der Waals surface area contributed by atoms with E-state index in [4.69, 9.17) is 19.9 Å². The molecule has 0 fully saturated rings. The van der Waals surface area contributed by atoms with E-state index in [1.54, 1.807) is 13.4 Å². The molecule has 162 valence electrons. The van der Waals surface area contributed by atoms with Crippen LogP contribution in [0.15, 0.2) is 71.2 Å². The number of amidine groups is 1. The Morgan fingerprint density at radius 1 is 1.03 bits per heavy atom. The minimum Gasteiger partial charge on any atom is -0.496 e. The van der Waals surface area contributed by atoms with Gasteiger partial charge in [-0.25, -0.2) is 4.99 Å². The number of nitrogens with zero attached hydrogens (tertiary/aromatic N) is 3. The molecular formula is C26H26N4O2. The van der Waals surface area contributed by atoms with E-state index in [-0.39, 0.29) is 0 Å². The average Bonchev–Trinajstić information content (AvgIpc) is 2.82. The highest BCUT2D eigenvalue weighted by Crippen LogP contribution is 2.46. The third kappa shape index (κ3) is 3.33. The highest BCUT2D eigenvalue weighted by atomic mass is 16.5. The van der Waals surface area contributed by atoms with E-state index in [9.17, 15) is 0 Å². The van der Waals surface area contributed by atoms with Crippen molar-refractivity contribution in [1.82, 2.24) is 9.80 Å². The summed E-state index contributed by atoms with van der Waals surface area (Å²) in [5.74, 6) is 1.97. The third-order valence-electron chi connectivity index (χ3n) is 5.94. The van der Waals surface area contributed by atoms with Gasteiger partial charge < -0.3 is 19.3 Å². The number of benzene rings is 3. The van der Waals surface area contributed by atoms with Crippen LogP contribution in [-0.2, 0) is 0 Å². The van der Waals surface area contributed by atoms with Crippen LogP contribution < -0.4 is 9.47 Å². The summed E-state index contributed by atoms with van der Waals surface area (Å²) in [7, 11) is 5.73. The first-order chi connectivity index (χ1) is 15.6. The van der Waals surface area contributed by atoms with Crippen molar-refractivity contribution in [2.75, 3.05) is 34.3 Å². The molecule has 3 aromatic rings. The number of fused-ring (bicyclic) bond motifs is 4. The molecule has 0 saturated carbocycles. The second-order valence-corrected chi connectivity index (χ2v) is 8.23. The van der Waals surface area contributed by atoms with Crippen LogP contribution in [-0.4, -0.2) is 62.5 Å². The van der Waals surface area contributed by atoms with Gasteiger partial charge in [0.2, 0.25) is 6.23 Å². The molecule has 0 saturated heterocycles. The Morgan fingerprint density at radius 3 is 2.62 bits per heavy atom. The van der Waals surface area contributed by atoms with Crippen LogP contribution >= 0.6 is 0 Å². The van der Waals surface area contributed by atoms with Crippen molar-refractivity contribution in [3.8, 4) is 11.5 Å². The van der Waals surface area contributed by atoms with Crippen molar-refractivity contribution in [3.05, 3.63) is 77.4 Å². The summed E-state index contributed by atoms with van der Waals surface area (Å²) in [6, 6.07) is 20.3. The maximum Gasteiger partial charge on any atom is 0.221 e. The maximum absolute atomic E-state index is 9.06. The Hall–Kier alpha value is -3.64. The van der Waals surface area contributed by atoms with Crippen LogP contribution in [0.25, 0.3) is 16.3 Å². The monoisotopic (exact) mass is 426 g/mol. The van der Waals surface area contributed by atoms with Gasteiger partial charge in [0.15, 0.2) is 0 Å². The molecule has 2 aliphatic heterocycles. The number of ether oxygens (including phenoxy) is 2. The van der Waals surface area contributed by atoms with Gasteiger partial charge in [0.25, 0.3) is 0 Å². The van der Waals surface area contributed by atoms with E-state index in [1.165, 1.54) is 0 Å². The number of methoxy groups -OCH3 is 1. The Bertz CT molecular complexity index is 1260. The highest BCUT2D eigenvalue weighted by Gasteiger charge is 2.37. The van der Waals surface area contributed by atoms with Gasteiger partial charge in [-0.1, -0.05) is 48.5 Å². The number of aliphatic imine (C=N–C) groups is 1. The Morgan fingerprint density at radius 2 is 1.81 bits per heavy atom. The average molecular weight is 427 g/mol. The summed E-state index contributed by atoms with van der Waals surface area (Å²) in [5, 5.41) is 11.2. The van der Waals surface area contributed by atoms with Crippen molar-refractivity contribution >= 4 is 28.5 Å². The SMILES string of the molecule is COc1ccccc1C1=C2C(=N)N(CCN(C)C)C=N[C@@H]2Oc2c1ccc1ccccc21. The van der Waals surface area contributed by atoms with E-state index in [0.29, 0.717) is 12.4 Å². The zero-order chi connectivity index (χ0) is 22.2. The van der Waals surface area contributed by atoms with Crippen LogP contribution in [0, 0.1) is 5.41 Å². The molecule has 0 bridgehead atoms. The van der Waals surface area contributed by atoms with E-state index in [0.717, 1.165) is 51.1 Å². The molecule has 2 heterocycles. The lowest BCUT2D eigenvalue weighted by molar-refractivity contribution is 0.244. The summed E-state index contributed by atoms with van der Waals surface area (Å²) >= 11 is 0. The Kier molecular flexibility index (Phi) is 5.15. The number of hydrogen-bond acceptors (Lipinski definition) is 5. The largest absolute Gasteiger partial charge is 0.496 e. The summed E-state index contributed by atoms with van der Waals surface area (Å²) < 4.78 is 12.2. The second kappa shape index (κ2) is 8.13. The van der Waals surface area contributed by atoms with Gasteiger partial charge in [0.05, 0.1) is 19.0 Å². The quantitative estimate of drug-likeness (QED) is 0.663. The molecule has 5 rings (SSSR count). The van der Waals surface area contributed by atoms with Crippen molar-refractivity contribution < 1.29 is 9.47 Å². The molecule has 1 N–H and O–H groups in total. The summed E-state index contributed by atoms with van der Waals surface area (Å²) in [4.78, 5) is 8.70. The number of nitrogens with one attached hydrogen (secondary N) is 1. The Labute approximate surface area is 187 Å². The lowest BCUT2D eigenvalue weighted by Gasteiger charge is -2.36. The maximum atomic E-state index is 9.06. The Balaban J connectivity index is 1.76. The fourth-order valence-electron chi connectivity index (χ4n) is 4.32. The smallest absolute Gasteiger partial charge is 0.221 e. The van der Waals surface area contributed by atoms with Crippen LogP contribution in [0.4, 0.5) is 0 Å². The second-order valence-electron chi connectivity index (χ2n) is 8.23. The van der Waals surface area contributed by atoms with Crippen molar-refractivity contribution in [2.24, 2.45) is 4.99 Å². The normalized spacial score (nSPS) is 17.4. The molecule has 0 aromatic heterocycles. The van der Waals surface area contributed by atoms with Crippen LogP contribution in [0.1, 0.15) is 11.1 Å². The first-order valence-corrected chi connectivity index (χ1v) is 10.7. The molecular weight excluding hydrogens is 400 g/mol. The first kappa shape index (κ1) is 20.3. The number of rotatable bonds is 5. The lowest BCUT2D eigenvalue weighted by Crippen LogP contribution is -2.44. The minimum atomic E-state index is -0.573. The van der Waals surface area contributed by atoms with Crippen LogP contribution in [0.3, 0.4) is 0 Å². The molecule has 3 aromatic carbocycles. The van der Waals surface area contributed by atoms with E-state index in [1.807, 2.05) is 55.4 Å². The van der Waals surface area contributed by atoms with E-state index < -0.39 is 6.23 Å². The molecule has 0 radical (unpaired) electrons. The molecule has 1 atom stereocenters. The van der Waals surface area contributed by atoms with Gasteiger partial charge in [-0.15, -0.1) is 0 Å². The van der Waals surface area contributed by atoms with E-state index >= 15 is 0 Å². The predicted octanol–water partition coefficient (Wildman–Crippen LogP) is 4.25. The van der Waals surface area contributed by atoms with Gasteiger partial charge in [0, 0.05) is 35.2 Å². The molecule has 0 unspecified atom stereocenters. The zero-order valence-electron chi connectivity index (χ0n) is 18.5. The van der Waals surface area contributed by atoms with Crippen molar-refractivity contribution in [2.45, 2.75) is 6.23 Å². The first-order valence-electron chi connectivity index (χ1n) is 10.7. The number of para-hydroxylation sites is 1. The van der Waals surface area contributed by atoms with Gasteiger partial charge >= 0.3 is 0 Å². The van der Waals surface area contributed by atoms with Crippen LogP contribution in [0.5, 0.6) is 11.5 Å². The summed E-state index contributed by atoms with van der Waals surface area (Å²) in [6.45, 7) is 1.49. The van der Waals surface area contributed by atoms with Crippen molar-refractivity contribution in [3.63, 3.8) is 0 Å². The molecule has 0 aliphatic carbocycles. The topological polar surface area (TPSA) is 61.2 Å². The number of hydrogen-bond donors (Lipinski definition) is 1. The van der Waals surface area contributed by atoms with E-state index in [2.05, 4.69) is 29.2 Å². The summed E-state index contributed by atoms with van der Waals surface area (Å²) in [6.07, 6.45) is 1.16. The number of likely N-dealkylation sites (N-methyl/N-ethyl adjacent to an activating group) is 1. The van der Waals surface area contributed by atoms with Gasteiger partial charge in [-0.2, -0.15) is 0 Å². The predicted molar refractivity (Wildman–Crippen MR) is 129 cm³/mol. The molecule has 0 spiro atoms. The standard InChI is InChI=1S/C26H26N4O2/c1-29(2)14-15-30-16-28-26-23(25(30)27)22(19-10-6-7-11-21(19)31-3)20-13-12-17-8-4-5-9-18(17)24(20)32-26/h4-13,16,26-27H,14-15H2,1-3H3/t26-/m1/s1. The summed E-state index contributed by atoms with van der Waals surface area (Å²) in [5.41, 5.74) is 3.59. The van der Waals surface area contributed by atoms with Crippen LogP contribution in [0.2, 0.25) is 0 Å². The highest BCUT2D eigenvalue weighted by molar-refractivity contribution is 6.14. The molecule has 6 nitrogen and oxygen atoms in total. The van der Waals surface area contributed by atoms with Crippen molar-refractivity contribution in [1.29, 1.82) is 5.41 Å². The minimum absolute atomic E-state index is 0.409. The molecule has 32 heavy (non-hydrogen) atoms. The van der Waals surface area contributed by atoms with Gasteiger partial charge in [-0.3, -0.25) is 5.41 Å². The molecule has 0 amide bonds. The fraction of sp³-hybridized carbons (Fsp3) is 0.231. The third-order valence-corrected chi connectivity index (χ3v) is 5.94. The van der Waals surface area contributed by atoms with Gasteiger partial charge in [-0.05, 0) is 31.6 Å².